The summed E-state index contributed by atoms with van der Waals surface area (Å²) in [6.07, 6.45) is 13.1. The summed E-state index contributed by atoms with van der Waals surface area (Å²) < 4.78 is 0. The van der Waals surface area contributed by atoms with Gasteiger partial charge in [-0.15, -0.1) is 34.0 Å². The average Bonchev–Trinajstić information content (AvgIpc) is 3.40. The lowest BCUT2D eigenvalue weighted by atomic mass is 10.0. The van der Waals surface area contributed by atoms with E-state index in [1.165, 1.54) is 88.6 Å². The molecule has 158 valence electrons. The monoisotopic (exact) mass is 444 g/mol. The van der Waals surface area contributed by atoms with Gasteiger partial charge in [0, 0.05) is 29.3 Å². The highest BCUT2D eigenvalue weighted by atomic mass is 32.1. The van der Waals surface area contributed by atoms with Gasteiger partial charge in [0.15, 0.2) is 0 Å². The van der Waals surface area contributed by atoms with Crippen LogP contribution >= 0.6 is 34.0 Å². The largest absolute Gasteiger partial charge is 0.140 e. The van der Waals surface area contributed by atoms with Crippen molar-refractivity contribution in [3.63, 3.8) is 0 Å². The number of unbranched alkanes of at least 4 members (excludes halogenated alkanes) is 6. The van der Waals surface area contributed by atoms with Crippen LogP contribution in [-0.2, 0) is 12.8 Å². The third-order valence-corrected chi connectivity index (χ3v) is 9.16. The fourth-order valence-electron chi connectivity index (χ4n) is 3.94. The quantitative estimate of drug-likeness (QED) is 0.244. The SMILES string of the molecule is CCCCCCc1cc(C)sc1-c1cc(CCCCCC)c(-c2ccc(C)s2)s1. The van der Waals surface area contributed by atoms with Gasteiger partial charge in [-0.2, -0.15) is 0 Å². The van der Waals surface area contributed by atoms with Gasteiger partial charge in [-0.25, -0.2) is 0 Å². The van der Waals surface area contributed by atoms with Gasteiger partial charge >= 0.3 is 0 Å². The Hall–Kier alpha value is -0.900. The zero-order valence-corrected chi connectivity index (χ0v) is 21.1. The molecule has 0 aliphatic heterocycles. The van der Waals surface area contributed by atoms with Crippen LogP contribution in [0.1, 0.15) is 86.1 Å². The second-order valence-electron chi connectivity index (χ2n) is 8.21. The maximum absolute atomic E-state index is 2.53. The first-order valence-corrected chi connectivity index (χ1v) is 13.9. The third-order valence-electron chi connectivity index (χ3n) is 5.53. The summed E-state index contributed by atoms with van der Waals surface area (Å²) in [5, 5.41) is 0. The molecule has 0 bridgehead atoms. The van der Waals surface area contributed by atoms with E-state index in [0.717, 1.165) is 0 Å². The summed E-state index contributed by atoms with van der Waals surface area (Å²) in [4.78, 5) is 8.89. The summed E-state index contributed by atoms with van der Waals surface area (Å²) >= 11 is 5.98. The molecule has 3 rings (SSSR count). The average molecular weight is 445 g/mol. The van der Waals surface area contributed by atoms with Gasteiger partial charge < -0.3 is 0 Å². The highest BCUT2D eigenvalue weighted by molar-refractivity contribution is 7.26. The fraction of sp³-hybridized carbons (Fsp3) is 0.538. The smallest absolute Gasteiger partial charge is 0.0481 e. The Bertz CT molecular complexity index is 878. The Kier molecular flexibility index (Phi) is 9.02. The molecule has 3 heterocycles. The van der Waals surface area contributed by atoms with Gasteiger partial charge in [-0.1, -0.05) is 52.4 Å². The Morgan fingerprint density at radius 1 is 0.586 bits per heavy atom. The maximum atomic E-state index is 2.53. The van der Waals surface area contributed by atoms with Gasteiger partial charge in [-0.3, -0.25) is 0 Å². The lowest BCUT2D eigenvalue weighted by Gasteiger charge is -2.02. The van der Waals surface area contributed by atoms with E-state index >= 15 is 0 Å². The van der Waals surface area contributed by atoms with E-state index < -0.39 is 0 Å². The van der Waals surface area contributed by atoms with Crippen LogP contribution in [0.15, 0.2) is 24.3 Å². The van der Waals surface area contributed by atoms with Crippen molar-refractivity contribution in [1.82, 2.24) is 0 Å². The van der Waals surface area contributed by atoms with Crippen molar-refractivity contribution in [2.45, 2.75) is 91.9 Å². The number of hydrogen-bond donors (Lipinski definition) is 0. The van der Waals surface area contributed by atoms with Gasteiger partial charge in [0.2, 0.25) is 0 Å². The fourth-order valence-corrected chi connectivity index (χ4v) is 7.36. The minimum absolute atomic E-state index is 1.22. The van der Waals surface area contributed by atoms with E-state index in [2.05, 4.69) is 52.0 Å². The van der Waals surface area contributed by atoms with Crippen molar-refractivity contribution < 1.29 is 0 Å². The second-order valence-corrected chi connectivity index (χ2v) is 11.8. The number of aryl methyl sites for hydroxylation is 4. The highest BCUT2D eigenvalue weighted by Gasteiger charge is 2.17. The molecule has 0 spiro atoms. The van der Waals surface area contributed by atoms with Crippen LogP contribution in [0.2, 0.25) is 0 Å². The van der Waals surface area contributed by atoms with Crippen LogP contribution in [-0.4, -0.2) is 0 Å². The Morgan fingerprint density at radius 2 is 1.21 bits per heavy atom. The van der Waals surface area contributed by atoms with Crippen molar-refractivity contribution in [3.8, 4) is 19.5 Å². The minimum Gasteiger partial charge on any atom is -0.140 e. The van der Waals surface area contributed by atoms with Crippen molar-refractivity contribution >= 4 is 34.0 Å². The summed E-state index contributed by atoms with van der Waals surface area (Å²) in [5.41, 5.74) is 3.15. The van der Waals surface area contributed by atoms with E-state index in [4.69, 9.17) is 0 Å². The van der Waals surface area contributed by atoms with E-state index in [1.807, 2.05) is 34.0 Å². The van der Waals surface area contributed by atoms with Crippen LogP contribution in [0, 0.1) is 13.8 Å². The van der Waals surface area contributed by atoms with Crippen molar-refractivity contribution in [3.05, 3.63) is 45.1 Å². The molecular weight excluding hydrogens is 408 g/mol. The van der Waals surface area contributed by atoms with Gasteiger partial charge in [-0.05, 0) is 74.9 Å². The molecule has 3 aromatic heterocycles. The standard InChI is InChI=1S/C26H36S3/c1-5-7-9-11-13-21-17-20(4)28-26(21)24-18-22(14-12-10-8-6-2)25(29-24)23-16-15-19(3)27-23/h15-18H,5-14H2,1-4H3. The number of hydrogen-bond acceptors (Lipinski definition) is 3. The predicted molar refractivity (Wildman–Crippen MR) is 136 cm³/mol. The van der Waals surface area contributed by atoms with Crippen LogP contribution in [0.4, 0.5) is 0 Å². The summed E-state index contributed by atoms with van der Waals surface area (Å²) in [6, 6.07) is 9.58. The molecule has 0 saturated heterocycles. The molecular formula is C26H36S3. The maximum Gasteiger partial charge on any atom is 0.0481 e. The molecule has 3 heteroatoms. The molecule has 29 heavy (non-hydrogen) atoms. The molecule has 0 saturated carbocycles. The summed E-state index contributed by atoms with van der Waals surface area (Å²) in [7, 11) is 0. The minimum atomic E-state index is 1.22. The summed E-state index contributed by atoms with van der Waals surface area (Å²) in [5.74, 6) is 0. The van der Waals surface area contributed by atoms with E-state index in [0.29, 0.717) is 0 Å². The van der Waals surface area contributed by atoms with Crippen molar-refractivity contribution in [2.75, 3.05) is 0 Å². The molecule has 0 fully saturated rings. The van der Waals surface area contributed by atoms with E-state index in [9.17, 15) is 0 Å². The third kappa shape index (κ3) is 6.29. The topological polar surface area (TPSA) is 0 Å². The van der Waals surface area contributed by atoms with E-state index in [1.54, 1.807) is 16.0 Å². The highest BCUT2D eigenvalue weighted by Crippen LogP contribution is 2.45. The van der Waals surface area contributed by atoms with Crippen LogP contribution in [0.5, 0.6) is 0 Å². The molecule has 0 nitrogen and oxygen atoms in total. The lowest BCUT2D eigenvalue weighted by molar-refractivity contribution is 0.667. The molecule has 0 N–H and O–H groups in total. The molecule has 3 aromatic rings. The molecule has 0 aromatic carbocycles. The first kappa shape index (κ1) is 22.8. The second kappa shape index (κ2) is 11.5. The summed E-state index contributed by atoms with van der Waals surface area (Å²) in [6.45, 7) is 9.08. The zero-order valence-electron chi connectivity index (χ0n) is 18.6. The normalized spacial score (nSPS) is 11.4. The van der Waals surface area contributed by atoms with Crippen molar-refractivity contribution in [1.29, 1.82) is 0 Å². The molecule has 0 aliphatic rings. The van der Waals surface area contributed by atoms with E-state index in [-0.39, 0.29) is 0 Å². The molecule has 0 atom stereocenters. The van der Waals surface area contributed by atoms with Crippen LogP contribution < -0.4 is 0 Å². The van der Waals surface area contributed by atoms with Crippen LogP contribution in [0.3, 0.4) is 0 Å². The molecule has 0 unspecified atom stereocenters. The van der Waals surface area contributed by atoms with Gasteiger partial charge in [0.05, 0.1) is 0 Å². The number of rotatable bonds is 12. The zero-order chi connectivity index (χ0) is 20.6. The Balaban J connectivity index is 1.86. The first-order valence-electron chi connectivity index (χ1n) is 11.4. The predicted octanol–water partition coefficient (Wildman–Crippen LogP) is 10.1. The molecule has 0 aliphatic carbocycles. The van der Waals surface area contributed by atoms with Gasteiger partial charge in [0.25, 0.3) is 0 Å². The molecule has 0 radical (unpaired) electrons. The van der Waals surface area contributed by atoms with Crippen molar-refractivity contribution in [2.24, 2.45) is 0 Å². The first-order chi connectivity index (χ1) is 14.1. The Labute approximate surface area is 190 Å². The lowest BCUT2D eigenvalue weighted by Crippen LogP contribution is -1.86. The van der Waals surface area contributed by atoms with Crippen LogP contribution in [0.25, 0.3) is 19.5 Å². The Morgan fingerprint density at radius 3 is 1.79 bits per heavy atom. The molecule has 0 amide bonds. The van der Waals surface area contributed by atoms with Gasteiger partial charge in [0.1, 0.15) is 0 Å². The number of thiophene rings is 3.